The van der Waals surface area contributed by atoms with Crippen LogP contribution >= 0.6 is 23.1 Å². The molecule has 0 saturated heterocycles. The zero-order valence-electron chi connectivity index (χ0n) is 17.5. The molecule has 1 aliphatic rings. The number of hydrogen-bond donors (Lipinski definition) is 0. The average molecular weight is 438 g/mol. The molecule has 4 aromatic rings. The van der Waals surface area contributed by atoms with Crippen molar-refractivity contribution in [3.05, 3.63) is 46.1 Å². The minimum Gasteiger partial charge on any atom is -0.311 e. The summed E-state index contributed by atoms with van der Waals surface area (Å²) in [6.07, 6.45) is 0.913. The molecule has 6 nitrogen and oxygen atoms in total. The molecule has 0 radical (unpaired) electrons. The maximum Gasteiger partial charge on any atom is 0.237 e. The number of aromatic nitrogens is 4. The molecule has 4 heterocycles. The van der Waals surface area contributed by atoms with Gasteiger partial charge in [-0.2, -0.15) is 0 Å². The first-order chi connectivity index (χ1) is 14.5. The van der Waals surface area contributed by atoms with Gasteiger partial charge in [0, 0.05) is 23.0 Å². The summed E-state index contributed by atoms with van der Waals surface area (Å²) >= 11 is 3.14. The monoisotopic (exact) mass is 437 g/mol. The van der Waals surface area contributed by atoms with Gasteiger partial charge in [-0.25, -0.2) is 4.98 Å². The summed E-state index contributed by atoms with van der Waals surface area (Å²) in [6, 6.07) is 8.13. The van der Waals surface area contributed by atoms with E-state index in [0.717, 1.165) is 45.5 Å². The molecular formula is C22H23N5OS2. The van der Waals surface area contributed by atoms with Gasteiger partial charge in [-0.1, -0.05) is 43.8 Å². The van der Waals surface area contributed by atoms with Crippen LogP contribution in [-0.2, 0) is 11.2 Å². The zero-order valence-corrected chi connectivity index (χ0v) is 19.1. The van der Waals surface area contributed by atoms with Gasteiger partial charge in [-0.15, -0.1) is 21.5 Å². The van der Waals surface area contributed by atoms with Crippen molar-refractivity contribution >= 4 is 50.6 Å². The van der Waals surface area contributed by atoms with Gasteiger partial charge in [0.25, 0.3) is 0 Å². The Bertz CT molecular complexity index is 1290. The summed E-state index contributed by atoms with van der Waals surface area (Å²) < 4.78 is 2.04. The van der Waals surface area contributed by atoms with Crippen LogP contribution in [0.2, 0.25) is 0 Å². The third-order valence-electron chi connectivity index (χ3n) is 5.70. The number of amides is 1. The van der Waals surface area contributed by atoms with Crippen LogP contribution in [0.4, 0.5) is 5.69 Å². The normalized spacial score (nSPS) is 13.7. The maximum absolute atomic E-state index is 13.0. The van der Waals surface area contributed by atoms with E-state index in [4.69, 9.17) is 4.98 Å². The van der Waals surface area contributed by atoms with Crippen LogP contribution in [0, 0.1) is 13.8 Å². The smallest absolute Gasteiger partial charge is 0.237 e. The second kappa shape index (κ2) is 7.35. The first-order valence-corrected chi connectivity index (χ1v) is 11.9. The second-order valence-corrected chi connectivity index (χ2v) is 10.1. The molecule has 30 heavy (non-hydrogen) atoms. The maximum atomic E-state index is 13.0. The Morgan fingerprint density at radius 2 is 2.03 bits per heavy atom. The first kappa shape index (κ1) is 19.5. The number of aryl methyl sites for hydroxylation is 2. The van der Waals surface area contributed by atoms with Gasteiger partial charge in [-0.05, 0) is 37.5 Å². The third-order valence-corrected chi connectivity index (χ3v) is 7.71. The molecule has 154 valence electrons. The number of carbonyl (C=O) groups is 1. The SMILES string of the molecule is Cc1sc2nc(C(C)C)n3c(SCC(=O)N4CCc5ccccc54)nnc3c2c1C. The molecule has 5 rings (SSSR count). The topological polar surface area (TPSA) is 63.4 Å². The van der Waals surface area contributed by atoms with E-state index >= 15 is 0 Å². The van der Waals surface area contributed by atoms with Crippen molar-refractivity contribution in [1.82, 2.24) is 19.6 Å². The van der Waals surface area contributed by atoms with Crippen molar-refractivity contribution in [3.63, 3.8) is 0 Å². The number of carbonyl (C=O) groups excluding carboxylic acids is 1. The zero-order chi connectivity index (χ0) is 21.0. The number of anilines is 1. The lowest BCUT2D eigenvalue weighted by molar-refractivity contribution is -0.116. The highest BCUT2D eigenvalue weighted by Gasteiger charge is 2.26. The van der Waals surface area contributed by atoms with E-state index in [1.807, 2.05) is 27.5 Å². The number of fused-ring (bicyclic) bond motifs is 4. The van der Waals surface area contributed by atoms with Gasteiger partial charge in [0.15, 0.2) is 10.8 Å². The number of hydrogen-bond acceptors (Lipinski definition) is 6. The Morgan fingerprint density at radius 1 is 1.23 bits per heavy atom. The highest BCUT2D eigenvalue weighted by atomic mass is 32.2. The Balaban J connectivity index is 1.49. The van der Waals surface area contributed by atoms with E-state index in [1.165, 1.54) is 27.8 Å². The molecule has 0 bridgehead atoms. The number of benzene rings is 1. The summed E-state index contributed by atoms with van der Waals surface area (Å²) in [5, 5.41) is 10.8. The lowest BCUT2D eigenvalue weighted by atomic mass is 10.2. The predicted octanol–water partition coefficient (Wildman–Crippen LogP) is 4.76. The Kier molecular flexibility index (Phi) is 4.78. The summed E-state index contributed by atoms with van der Waals surface area (Å²) in [5.74, 6) is 1.58. The molecule has 1 amide bonds. The molecule has 0 saturated carbocycles. The first-order valence-electron chi connectivity index (χ1n) is 10.1. The quantitative estimate of drug-likeness (QED) is 0.431. The van der Waals surface area contributed by atoms with E-state index in [2.05, 4.69) is 44.0 Å². The van der Waals surface area contributed by atoms with Crippen LogP contribution in [0.15, 0.2) is 29.4 Å². The molecule has 1 aromatic carbocycles. The van der Waals surface area contributed by atoms with Crippen LogP contribution in [0.1, 0.15) is 41.6 Å². The number of para-hydroxylation sites is 1. The molecule has 0 unspecified atom stereocenters. The summed E-state index contributed by atoms with van der Waals surface area (Å²) in [7, 11) is 0. The van der Waals surface area contributed by atoms with E-state index in [0.29, 0.717) is 5.75 Å². The highest BCUT2D eigenvalue weighted by Crippen LogP contribution is 2.35. The molecule has 0 N–H and O–H groups in total. The van der Waals surface area contributed by atoms with Gasteiger partial charge in [0.05, 0.1) is 11.1 Å². The third kappa shape index (κ3) is 3.01. The molecule has 0 spiro atoms. The van der Waals surface area contributed by atoms with Crippen molar-refractivity contribution in [3.8, 4) is 0 Å². The second-order valence-electron chi connectivity index (χ2n) is 7.94. The average Bonchev–Trinajstić information content (AvgIpc) is 3.41. The number of thioether (sulfide) groups is 1. The fourth-order valence-electron chi connectivity index (χ4n) is 4.03. The highest BCUT2D eigenvalue weighted by molar-refractivity contribution is 7.99. The lowest BCUT2D eigenvalue weighted by Gasteiger charge is -2.17. The summed E-state index contributed by atoms with van der Waals surface area (Å²) in [4.78, 5) is 22.1. The van der Waals surface area contributed by atoms with Crippen molar-refractivity contribution < 1.29 is 4.79 Å². The van der Waals surface area contributed by atoms with Crippen LogP contribution in [0.3, 0.4) is 0 Å². The lowest BCUT2D eigenvalue weighted by Crippen LogP contribution is -2.30. The minimum atomic E-state index is 0.101. The van der Waals surface area contributed by atoms with Gasteiger partial charge in [0.1, 0.15) is 10.7 Å². The van der Waals surface area contributed by atoms with E-state index in [9.17, 15) is 4.79 Å². The van der Waals surface area contributed by atoms with Crippen LogP contribution in [-0.4, -0.2) is 37.8 Å². The molecule has 0 atom stereocenters. The molecule has 8 heteroatoms. The Hall–Kier alpha value is -2.45. The van der Waals surface area contributed by atoms with Crippen molar-refractivity contribution in [2.75, 3.05) is 17.2 Å². The number of nitrogens with zero attached hydrogens (tertiary/aromatic N) is 5. The van der Waals surface area contributed by atoms with Crippen molar-refractivity contribution in [2.45, 2.75) is 45.2 Å². The van der Waals surface area contributed by atoms with Crippen molar-refractivity contribution in [2.24, 2.45) is 0 Å². The van der Waals surface area contributed by atoms with E-state index in [1.54, 1.807) is 11.3 Å². The van der Waals surface area contributed by atoms with E-state index in [-0.39, 0.29) is 11.8 Å². The number of rotatable bonds is 4. The molecule has 3 aromatic heterocycles. The molecule has 0 aliphatic carbocycles. The summed E-state index contributed by atoms with van der Waals surface area (Å²) in [6.45, 7) is 9.22. The standard InChI is InChI=1S/C22H23N5OS2/c1-12(2)19-23-21-18(13(3)14(4)30-21)20-24-25-22(27(19)20)29-11-17(28)26-10-9-15-7-5-6-8-16(15)26/h5-8,12H,9-11H2,1-4H3. The minimum absolute atomic E-state index is 0.101. The summed E-state index contributed by atoms with van der Waals surface area (Å²) in [5.41, 5.74) is 4.31. The van der Waals surface area contributed by atoms with Crippen LogP contribution in [0.5, 0.6) is 0 Å². The van der Waals surface area contributed by atoms with Crippen LogP contribution in [0.25, 0.3) is 15.9 Å². The number of thiophene rings is 1. The Labute approximate surface area is 183 Å². The fourth-order valence-corrected chi connectivity index (χ4v) is 5.87. The van der Waals surface area contributed by atoms with Gasteiger partial charge in [0.2, 0.25) is 5.91 Å². The van der Waals surface area contributed by atoms with Gasteiger partial charge in [-0.3, -0.25) is 9.20 Å². The molecule has 0 fully saturated rings. The molecule has 1 aliphatic heterocycles. The Morgan fingerprint density at radius 3 is 2.83 bits per heavy atom. The molecular weight excluding hydrogens is 414 g/mol. The van der Waals surface area contributed by atoms with Gasteiger partial charge >= 0.3 is 0 Å². The van der Waals surface area contributed by atoms with Gasteiger partial charge < -0.3 is 4.90 Å². The van der Waals surface area contributed by atoms with Crippen molar-refractivity contribution in [1.29, 1.82) is 0 Å². The largest absolute Gasteiger partial charge is 0.311 e. The predicted molar refractivity (Wildman–Crippen MR) is 123 cm³/mol. The fraction of sp³-hybridized carbons (Fsp3) is 0.364. The van der Waals surface area contributed by atoms with E-state index < -0.39 is 0 Å². The van der Waals surface area contributed by atoms with Crippen LogP contribution < -0.4 is 4.90 Å².